The van der Waals surface area contributed by atoms with Crippen LogP contribution in [0.3, 0.4) is 0 Å². The molecule has 508 valence electrons. The number of carbonyl (C=O) groups is 9. The number of cyclic esters (lactones) is 1. The summed E-state index contributed by atoms with van der Waals surface area (Å²) in [6.45, 7) is 13.7. The third kappa shape index (κ3) is 27.6. The maximum Gasteiger partial charge on any atom is 0.329 e. The summed E-state index contributed by atoms with van der Waals surface area (Å²) in [5.74, 6) is -9.05. The summed E-state index contributed by atoms with van der Waals surface area (Å²) in [6, 6.07) is 4.93. The zero-order valence-electron chi connectivity index (χ0n) is 54.6. The van der Waals surface area contributed by atoms with Gasteiger partial charge in [0.2, 0.25) is 47.3 Å². The van der Waals surface area contributed by atoms with Crippen molar-refractivity contribution < 1.29 is 78.5 Å². The first-order valence-corrected chi connectivity index (χ1v) is 31.8. The predicted molar refractivity (Wildman–Crippen MR) is 342 cm³/mol. The molecule has 25 heteroatoms. The second kappa shape index (κ2) is 40.5. The van der Waals surface area contributed by atoms with Gasteiger partial charge >= 0.3 is 5.97 Å². The van der Waals surface area contributed by atoms with Gasteiger partial charge in [0.05, 0.1) is 68.9 Å². The van der Waals surface area contributed by atoms with Crippen LogP contribution in [0.1, 0.15) is 131 Å². The molecule has 1 aliphatic rings. The maximum atomic E-state index is 13.9. The van der Waals surface area contributed by atoms with Crippen LogP contribution in [-0.4, -0.2) is 195 Å². The number of hydrogen-bond acceptors (Lipinski definition) is 17. The molecular weight excluding hydrogens is 1170 g/mol. The van der Waals surface area contributed by atoms with E-state index in [1.165, 1.54) is 49.4 Å². The Hall–Kier alpha value is -7.29. The van der Waals surface area contributed by atoms with E-state index in [1.54, 1.807) is 67.5 Å². The third-order valence-electron chi connectivity index (χ3n) is 15.7. The van der Waals surface area contributed by atoms with Gasteiger partial charge in [-0.25, -0.2) is 4.79 Å². The highest BCUT2D eigenvalue weighted by atomic mass is 16.5. The summed E-state index contributed by atoms with van der Waals surface area (Å²) < 4.78 is 5.66. The lowest BCUT2D eigenvalue weighted by Gasteiger charge is -2.32. The molecule has 91 heavy (non-hydrogen) atoms. The van der Waals surface area contributed by atoms with Crippen molar-refractivity contribution in [3.63, 3.8) is 0 Å². The zero-order valence-corrected chi connectivity index (χ0v) is 54.6. The Morgan fingerprint density at radius 1 is 0.637 bits per heavy atom. The molecule has 14 N–H and O–H groups in total. The third-order valence-corrected chi connectivity index (χ3v) is 15.7. The number of aliphatic hydroxyl groups excluding tert-OH is 5. The fourth-order valence-electron chi connectivity index (χ4n) is 10.1. The number of esters is 1. The number of carbonyl (C=O) groups excluding carboxylic acids is 9. The second-order valence-corrected chi connectivity index (χ2v) is 24.8. The summed E-state index contributed by atoms with van der Waals surface area (Å²) in [6.07, 6.45) is 7.00. The minimum atomic E-state index is -1.75. The van der Waals surface area contributed by atoms with E-state index in [2.05, 4.69) is 61.6 Å². The van der Waals surface area contributed by atoms with Crippen molar-refractivity contribution in [1.29, 1.82) is 0 Å². The van der Waals surface area contributed by atoms with Gasteiger partial charge in [-0.15, -0.1) is 0 Å². The molecule has 0 unspecified atom stereocenters. The number of rotatable bonds is 37. The summed E-state index contributed by atoms with van der Waals surface area (Å²) in [5, 5.41) is 85.6. The van der Waals surface area contributed by atoms with Crippen molar-refractivity contribution in [3.8, 4) is 5.75 Å². The number of ether oxygens (including phenoxy) is 1. The molecule has 1 heterocycles. The van der Waals surface area contributed by atoms with Crippen LogP contribution in [0.4, 0.5) is 0 Å². The highest BCUT2D eigenvalue weighted by molar-refractivity contribution is 5.95. The van der Waals surface area contributed by atoms with Crippen molar-refractivity contribution >= 4 is 53.2 Å². The first kappa shape index (κ1) is 78.0. The van der Waals surface area contributed by atoms with Gasteiger partial charge in [-0.05, 0) is 79.2 Å². The predicted octanol–water partition coefficient (Wildman–Crippen LogP) is 1.25. The van der Waals surface area contributed by atoms with E-state index >= 15 is 0 Å². The van der Waals surface area contributed by atoms with E-state index in [1.807, 2.05) is 30.3 Å². The van der Waals surface area contributed by atoms with Crippen LogP contribution in [0.15, 0.2) is 78.9 Å². The van der Waals surface area contributed by atoms with Crippen LogP contribution >= 0.6 is 0 Å². The Labute approximate surface area is 535 Å². The highest BCUT2D eigenvalue weighted by Crippen LogP contribution is 2.19. The SMILES string of the molecule is CCCCCC/C=C\CCN[C@@H](Cc1ccccc1)[C@@H](O)CC(=O)N[C@H](C(=O)N[C@@H](CO)[C@@H](O)CC(=O)N[C@H](C(=O)N[C@@H](CO)[C@@H](O)CC(=O)N[C@H](C(=O)N[C@@H]1/C=C/C(=O)N[C@@H](C(C)C)C(=O)N(C)[C@@H](Cc2ccc(O)cc2)C(=O)OC1)C(C)C)C(C)C)C(C)C. The zero-order chi connectivity index (χ0) is 67.9. The normalized spacial score (nSPS) is 19.1. The van der Waals surface area contributed by atoms with Gasteiger partial charge in [0.15, 0.2) is 0 Å². The smallest absolute Gasteiger partial charge is 0.329 e. The number of hydrogen-bond donors (Lipinski definition) is 14. The molecule has 0 bridgehead atoms. The molecule has 0 saturated carbocycles. The Morgan fingerprint density at radius 3 is 1.62 bits per heavy atom. The van der Waals surface area contributed by atoms with E-state index in [0.29, 0.717) is 18.5 Å². The van der Waals surface area contributed by atoms with E-state index in [4.69, 9.17) is 4.74 Å². The van der Waals surface area contributed by atoms with Gasteiger partial charge in [-0.2, -0.15) is 0 Å². The van der Waals surface area contributed by atoms with E-state index < -0.39 is 182 Å². The molecule has 0 saturated heterocycles. The molecule has 1 aliphatic heterocycles. The lowest BCUT2D eigenvalue weighted by Crippen LogP contribution is -2.58. The quantitative estimate of drug-likeness (QED) is 0.0257. The van der Waals surface area contributed by atoms with Crippen LogP contribution in [0.25, 0.3) is 0 Å². The summed E-state index contributed by atoms with van der Waals surface area (Å²) in [4.78, 5) is 124. The van der Waals surface area contributed by atoms with Crippen molar-refractivity contribution in [2.75, 3.05) is 33.4 Å². The molecular formula is C66H103N9O16. The van der Waals surface area contributed by atoms with E-state index in [9.17, 15) is 73.8 Å². The summed E-state index contributed by atoms with van der Waals surface area (Å²) in [7, 11) is 1.40. The van der Waals surface area contributed by atoms with Gasteiger partial charge in [0.1, 0.15) is 42.6 Å². The molecule has 0 fully saturated rings. The molecule has 8 amide bonds. The Morgan fingerprint density at radius 2 is 1.13 bits per heavy atom. The fourth-order valence-corrected chi connectivity index (χ4v) is 10.1. The van der Waals surface area contributed by atoms with Crippen LogP contribution in [0.2, 0.25) is 0 Å². The van der Waals surface area contributed by atoms with Crippen LogP contribution in [0, 0.1) is 23.7 Å². The van der Waals surface area contributed by atoms with Crippen LogP contribution < -0.4 is 42.5 Å². The van der Waals surface area contributed by atoms with Crippen molar-refractivity contribution in [2.45, 2.75) is 206 Å². The molecule has 2 aromatic rings. The monoisotopic (exact) mass is 1280 g/mol. The number of unbranched alkanes of at least 4 members (excludes halogenated alkanes) is 4. The van der Waals surface area contributed by atoms with Crippen molar-refractivity contribution in [3.05, 3.63) is 90.0 Å². The minimum absolute atomic E-state index is 0.0119. The lowest BCUT2D eigenvalue weighted by atomic mass is 9.97. The summed E-state index contributed by atoms with van der Waals surface area (Å²) in [5.41, 5.74) is 1.54. The maximum absolute atomic E-state index is 13.9. The molecule has 2 aromatic carbocycles. The number of benzene rings is 2. The number of amides is 8. The minimum Gasteiger partial charge on any atom is -0.508 e. The Kier molecular flexibility index (Phi) is 34.7. The molecule has 12 atom stereocenters. The number of nitrogens with zero attached hydrogens (tertiary/aromatic N) is 1. The number of allylic oxidation sites excluding steroid dienone is 1. The number of aliphatic hydroxyl groups is 5. The summed E-state index contributed by atoms with van der Waals surface area (Å²) >= 11 is 0. The van der Waals surface area contributed by atoms with Crippen molar-refractivity contribution in [2.24, 2.45) is 23.7 Å². The topological polar surface area (TPSA) is 384 Å². The Balaban J connectivity index is 1.62. The van der Waals surface area contributed by atoms with Crippen LogP contribution in [-0.2, 0) is 60.7 Å². The van der Waals surface area contributed by atoms with Gasteiger partial charge < -0.3 is 82.8 Å². The average molecular weight is 1280 g/mol. The molecule has 0 radical (unpaired) electrons. The molecule has 0 aromatic heterocycles. The number of nitrogens with one attached hydrogen (secondary N) is 8. The molecule has 0 spiro atoms. The number of phenols is 1. The second-order valence-electron chi connectivity index (χ2n) is 24.8. The first-order valence-electron chi connectivity index (χ1n) is 31.8. The standard InChI is InChI=1S/C66H103N9O16/c1-11-12-13-14-15-16-17-21-30-67-47(31-43-22-19-18-20-23-43)51(79)33-55(83)73-59(40(4)5)63(87)69-49(37-77)53(81)35-57(85)74-60(41(6)7)64(88)70-48(36-76)52(80)34-56(84)72-58(39(2)3)62(86)68-45-26-29-54(82)71-61(42(8)9)65(89)75(10)50(66(90)91-38-45)32-44-24-27-46(78)28-25-44/h16-20,22-29,39-42,45,47-53,58-61,67,76-81H,11-15,21,30-38H2,1-10H3,(H,68,86)(H,69,87)(H,70,88)(H,71,82)(H,72,84)(H,73,83)(H,74,85)/b17-16-,29-26+/t45-,47+,48+,49+,50+,51+,52+,53+,58+,59+,60+,61+/m1/s1. The van der Waals surface area contributed by atoms with Gasteiger partial charge in [-0.3, -0.25) is 38.4 Å². The first-order chi connectivity index (χ1) is 43.1. The van der Waals surface area contributed by atoms with Gasteiger partial charge in [0.25, 0.3) is 0 Å². The van der Waals surface area contributed by atoms with Gasteiger partial charge in [-0.1, -0.05) is 142 Å². The average Bonchev–Trinajstić information content (AvgIpc) is 1.17. The number of aromatic hydroxyl groups is 1. The molecule has 0 aliphatic carbocycles. The largest absolute Gasteiger partial charge is 0.508 e. The lowest BCUT2D eigenvalue weighted by molar-refractivity contribution is -0.156. The number of likely N-dealkylation sites (N-methyl/N-ethyl adjacent to an activating group) is 1. The van der Waals surface area contributed by atoms with Crippen LogP contribution in [0.5, 0.6) is 5.75 Å². The fraction of sp³-hybridized carbons (Fsp3) is 0.621. The van der Waals surface area contributed by atoms with Gasteiger partial charge in [0, 0.05) is 25.6 Å². The molecule has 25 nitrogen and oxygen atoms in total. The Bertz CT molecular complexity index is 2670. The molecule has 3 rings (SSSR count). The number of phenolic OH excluding ortho intramolecular Hbond substituents is 1. The van der Waals surface area contributed by atoms with E-state index in [-0.39, 0.29) is 18.6 Å². The highest BCUT2D eigenvalue weighted by Gasteiger charge is 2.38. The van der Waals surface area contributed by atoms with Crippen molar-refractivity contribution in [1.82, 2.24) is 47.4 Å². The van der Waals surface area contributed by atoms with E-state index in [0.717, 1.165) is 30.9 Å².